The number of amides is 2. The molecule has 1 N–H and O–H groups in total. The molecule has 2 amide bonds. The second kappa shape index (κ2) is 7.13. The van der Waals surface area contributed by atoms with Crippen LogP contribution in [0.3, 0.4) is 0 Å². The predicted octanol–water partition coefficient (Wildman–Crippen LogP) is 2.20. The molecule has 3 rings (SSSR count). The summed E-state index contributed by atoms with van der Waals surface area (Å²) in [6.07, 6.45) is 4.09. The van der Waals surface area contributed by atoms with Crippen LogP contribution in [0.1, 0.15) is 36.0 Å². The van der Waals surface area contributed by atoms with Gasteiger partial charge in [-0.15, -0.1) is 0 Å². The molecular weight excluding hydrogens is 290 g/mol. The van der Waals surface area contributed by atoms with Gasteiger partial charge in [-0.1, -0.05) is 12.1 Å². The Kier molecular flexibility index (Phi) is 4.96. The van der Waals surface area contributed by atoms with Crippen LogP contribution in [0.15, 0.2) is 24.3 Å². The number of hydrogen-bond donors (Lipinski definition) is 1. The maximum atomic E-state index is 12.6. The van der Waals surface area contributed by atoms with E-state index in [4.69, 9.17) is 0 Å². The second-order valence-corrected chi connectivity index (χ2v) is 6.64. The zero-order valence-electron chi connectivity index (χ0n) is 13.8. The molecule has 0 aliphatic carbocycles. The molecule has 2 fully saturated rings. The Labute approximate surface area is 137 Å². The monoisotopic (exact) mass is 315 g/mol. The van der Waals surface area contributed by atoms with E-state index in [0.717, 1.165) is 51.9 Å². The van der Waals surface area contributed by atoms with Gasteiger partial charge in [-0.3, -0.25) is 9.59 Å². The fourth-order valence-electron chi connectivity index (χ4n) is 3.48. The Morgan fingerprint density at radius 2 is 1.83 bits per heavy atom. The minimum atomic E-state index is 0.00342. The molecule has 1 aromatic carbocycles. The number of piperidine rings is 1. The fraction of sp³-hybridized carbons (Fsp3) is 0.556. The van der Waals surface area contributed by atoms with E-state index in [1.54, 1.807) is 0 Å². The molecule has 2 heterocycles. The van der Waals surface area contributed by atoms with Gasteiger partial charge in [0.05, 0.1) is 17.2 Å². The highest BCUT2D eigenvalue weighted by molar-refractivity contribution is 6.04. The van der Waals surface area contributed by atoms with Crippen molar-refractivity contribution in [2.45, 2.75) is 25.7 Å². The summed E-state index contributed by atoms with van der Waals surface area (Å²) >= 11 is 0. The summed E-state index contributed by atoms with van der Waals surface area (Å²) in [6, 6.07) is 7.35. The molecule has 2 aliphatic rings. The summed E-state index contributed by atoms with van der Waals surface area (Å²) in [7, 11) is 2.05. The van der Waals surface area contributed by atoms with Crippen LogP contribution < -0.4 is 5.32 Å². The van der Waals surface area contributed by atoms with Crippen molar-refractivity contribution in [3.05, 3.63) is 29.8 Å². The highest BCUT2D eigenvalue weighted by Crippen LogP contribution is 2.22. The van der Waals surface area contributed by atoms with Gasteiger partial charge in [0.25, 0.3) is 5.91 Å². The molecule has 5 heteroatoms. The average molecular weight is 315 g/mol. The minimum absolute atomic E-state index is 0.00342. The maximum Gasteiger partial charge on any atom is 0.255 e. The van der Waals surface area contributed by atoms with Crippen LogP contribution in [-0.4, -0.2) is 54.8 Å². The van der Waals surface area contributed by atoms with E-state index in [9.17, 15) is 9.59 Å². The molecule has 0 bridgehead atoms. The van der Waals surface area contributed by atoms with Crippen molar-refractivity contribution in [3.8, 4) is 0 Å². The summed E-state index contributed by atoms with van der Waals surface area (Å²) in [5, 5.41) is 2.99. The Morgan fingerprint density at radius 3 is 2.57 bits per heavy atom. The van der Waals surface area contributed by atoms with Gasteiger partial charge in [0.1, 0.15) is 0 Å². The lowest BCUT2D eigenvalue weighted by molar-refractivity contribution is -0.121. The van der Waals surface area contributed by atoms with Crippen molar-refractivity contribution >= 4 is 17.5 Å². The molecule has 23 heavy (non-hydrogen) atoms. The fourth-order valence-corrected chi connectivity index (χ4v) is 3.48. The summed E-state index contributed by atoms with van der Waals surface area (Å²) in [5.74, 6) is 0.0566. The normalized spacial score (nSPS) is 22.1. The lowest BCUT2D eigenvalue weighted by Gasteiger charge is -2.29. The Morgan fingerprint density at radius 1 is 1.09 bits per heavy atom. The predicted molar refractivity (Wildman–Crippen MR) is 90.4 cm³/mol. The van der Waals surface area contributed by atoms with Crippen LogP contribution in [0.4, 0.5) is 5.69 Å². The lowest BCUT2D eigenvalue weighted by atomic mass is 9.97. The van der Waals surface area contributed by atoms with E-state index >= 15 is 0 Å². The first-order valence-corrected chi connectivity index (χ1v) is 8.53. The SMILES string of the molecule is CN1CCC[C@@H](C(=O)Nc2ccccc2C(=O)N2CCCC2)C1. The molecule has 124 valence electrons. The molecule has 0 spiro atoms. The van der Waals surface area contributed by atoms with Gasteiger partial charge in [-0.05, 0) is 51.4 Å². The number of anilines is 1. The molecule has 2 aliphatic heterocycles. The average Bonchev–Trinajstić information content (AvgIpc) is 3.09. The van der Waals surface area contributed by atoms with Gasteiger partial charge >= 0.3 is 0 Å². The first-order valence-electron chi connectivity index (χ1n) is 8.53. The number of nitrogens with one attached hydrogen (secondary N) is 1. The first kappa shape index (κ1) is 16.0. The standard InChI is InChI=1S/C18H25N3O2/c1-20-10-6-7-14(13-20)17(22)19-16-9-3-2-8-15(16)18(23)21-11-4-5-12-21/h2-3,8-9,14H,4-7,10-13H2,1H3,(H,19,22)/t14-/m1/s1. The summed E-state index contributed by atoms with van der Waals surface area (Å²) in [6.45, 7) is 3.46. The van der Waals surface area contributed by atoms with E-state index in [2.05, 4.69) is 10.2 Å². The van der Waals surface area contributed by atoms with Crippen molar-refractivity contribution in [2.24, 2.45) is 5.92 Å². The van der Waals surface area contributed by atoms with Crippen molar-refractivity contribution in [2.75, 3.05) is 38.5 Å². The van der Waals surface area contributed by atoms with Crippen LogP contribution in [0.5, 0.6) is 0 Å². The number of carbonyl (C=O) groups excluding carboxylic acids is 2. The molecule has 0 saturated carbocycles. The van der Waals surface area contributed by atoms with Crippen molar-refractivity contribution in [1.29, 1.82) is 0 Å². The van der Waals surface area contributed by atoms with E-state index in [1.807, 2.05) is 36.2 Å². The third kappa shape index (κ3) is 3.72. The topological polar surface area (TPSA) is 52.7 Å². The number of rotatable bonds is 3. The van der Waals surface area contributed by atoms with Gasteiger partial charge in [0, 0.05) is 19.6 Å². The highest BCUT2D eigenvalue weighted by atomic mass is 16.2. The quantitative estimate of drug-likeness (QED) is 0.930. The van der Waals surface area contributed by atoms with E-state index in [1.165, 1.54) is 0 Å². The summed E-state index contributed by atoms with van der Waals surface area (Å²) in [5.41, 5.74) is 1.24. The Balaban J connectivity index is 1.72. The number of para-hydroxylation sites is 1. The number of nitrogens with zero attached hydrogens (tertiary/aromatic N) is 2. The summed E-state index contributed by atoms with van der Waals surface area (Å²) < 4.78 is 0. The van der Waals surface area contributed by atoms with Crippen molar-refractivity contribution < 1.29 is 9.59 Å². The lowest BCUT2D eigenvalue weighted by Crippen LogP contribution is -2.38. The van der Waals surface area contributed by atoms with Gasteiger partial charge in [0.2, 0.25) is 5.91 Å². The van der Waals surface area contributed by atoms with Crippen LogP contribution in [0.25, 0.3) is 0 Å². The van der Waals surface area contributed by atoms with Gasteiger partial charge in [-0.25, -0.2) is 0 Å². The molecule has 0 aromatic heterocycles. The van der Waals surface area contributed by atoms with E-state index in [0.29, 0.717) is 11.3 Å². The second-order valence-electron chi connectivity index (χ2n) is 6.64. The van der Waals surface area contributed by atoms with Crippen LogP contribution >= 0.6 is 0 Å². The highest BCUT2D eigenvalue weighted by Gasteiger charge is 2.26. The third-order valence-electron chi connectivity index (χ3n) is 4.80. The summed E-state index contributed by atoms with van der Waals surface area (Å²) in [4.78, 5) is 29.3. The van der Waals surface area contributed by atoms with Crippen LogP contribution in [-0.2, 0) is 4.79 Å². The van der Waals surface area contributed by atoms with Gasteiger partial charge in [-0.2, -0.15) is 0 Å². The largest absolute Gasteiger partial charge is 0.339 e. The number of likely N-dealkylation sites (tertiary alicyclic amines) is 2. The van der Waals surface area contributed by atoms with Gasteiger partial charge in [0.15, 0.2) is 0 Å². The minimum Gasteiger partial charge on any atom is -0.339 e. The molecule has 1 atom stereocenters. The van der Waals surface area contributed by atoms with Crippen LogP contribution in [0, 0.1) is 5.92 Å². The molecule has 5 nitrogen and oxygen atoms in total. The number of carbonyl (C=O) groups is 2. The zero-order chi connectivity index (χ0) is 16.2. The molecular formula is C18H25N3O2. The van der Waals surface area contributed by atoms with Crippen molar-refractivity contribution in [3.63, 3.8) is 0 Å². The number of benzene rings is 1. The Hall–Kier alpha value is -1.88. The molecule has 1 aromatic rings. The van der Waals surface area contributed by atoms with E-state index < -0.39 is 0 Å². The third-order valence-corrected chi connectivity index (χ3v) is 4.80. The van der Waals surface area contributed by atoms with Crippen LogP contribution in [0.2, 0.25) is 0 Å². The zero-order valence-corrected chi connectivity index (χ0v) is 13.8. The molecule has 0 radical (unpaired) electrons. The van der Waals surface area contributed by atoms with Crippen molar-refractivity contribution in [1.82, 2.24) is 9.80 Å². The molecule has 2 saturated heterocycles. The number of hydrogen-bond acceptors (Lipinski definition) is 3. The maximum absolute atomic E-state index is 12.6. The smallest absolute Gasteiger partial charge is 0.255 e. The van der Waals surface area contributed by atoms with Gasteiger partial charge < -0.3 is 15.1 Å². The van der Waals surface area contributed by atoms with E-state index in [-0.39, 0.29) is 17.7 Å². The first-order chi connectivity index (χ1) is 11.1. The Bertz CT molecular complexity index is 581. The molecule has 0 unspecified atom stereocenters.